The van der Waals surface area contributed by atoms with E-state index in [-0.39, 0.29) is 16.4 Å². The van der Waals surface area contributed by atoms with Crippen LogP contribution in [0, 0.1) is 0 Å². The van der Waals surface area contributed by atoms with Crippen LogP contribution in [-0.4, -0.2) is 32.7 Å². The lowest BCUT2D eigenvalue weighted by atomic mass is 10.3. The van der Waals surface area contributed by atoms with Crippen molar-refractivity contribution in [2.75, 3.05) is 13.7 Å². The molecule has 1 heterocycles. The van der Waals surface area contributed by atoms with E-state index in [1.807, 2.05) is 6.92 Å². The molecule has 0 spiro atoms. The monoisotopic (exact) mass is 436 g/mol. The Kier molecular flexibility index (Phi) is 6.61. The second kappa shape index (κ2) is 8.98. The first-order chi connectivity index (χ1) is 13.8. The Morgan fingerprint density at radius 3 is 2.48 bits per heavy atom. The molecular weight excluding hydrogens is 412 g/mol. The number of aryl methyl sites for hydroxylation is 1. The normalized spacial score (nSPS) is 12.8. The number of rotatable bonds is 9. The minimum absolute atomic E-state index is 0.0781. The number of hydrogen-bond acceptors (Lipinski definition) is 6. The van der Waals surface area contributed by atoms with Gasteiger partial charge in [-0.15, -0.1) is 0 Å². The van der Waals surface area contributed by atoms with Crippen molar-refractivity contribution in [3.8, 4) is 11.5 Å². The molecule has 0 saturated carbocycles. The number of thiazole rings is 1. The quantitative estimate of drug-likeness (QED) is 0.557. The minimum Gasteiger partial charge on any atom is -0.497 e. The van der Waals surface area contributed by atoms with Crippen LogP contribution in [0.5, 0.6) is 11.5 Å². The molecule has 1 atom stereocenters. The summed E-state index contributed by atoms with van der Waals surface area (Å²) >= 11 is 1.06. The molecule has 1 unspecified atom stereocenters. The zero-order valence-electron chi connectivity index (χ0n) is 16.5. The van der Waals surface area contributed by atoms with Crippen molar-refractivity contribution in [2.45, 2.75) is 37.8 Å². The predicted molar refractivity (Wildman–Crippen MR) is 115 cm³/mol. The average molecular weight is 437 g/mol. The highest BCUT2D eigenvalue weighted by molar-refractivity contribution is 7.89. The number of ether oxygens (including phenoxy) is 2. The number of fused-ring (bicyclic) bond motifs is 1. The summed E-state index contributed by atoms with van der Waals surface area (Å²) in [6, 6.07) is 11.4. The van der Waals surface area contributed by atoms with Crippen molar-refractivity contribution >= 4 is 31.6 Å². The fraction of sp³-hybridized carbons (Fsp3) is 0.350. The molecule has 0 aliphatic heterocycles. The Morgan fingerprint density at radius 2 is 1.83 bits per heavy atom. The van der Waals surface area contributed by atoms with Crippen LogP contribution in [0.25, 0.3) is 10.2 Å². The Labute approximate surface area is 173 Å². The lowest BCUT2D eigenvalue weighted by Crippen LogP contribution is -2.36. The lowest BCUT2D eigenvalue weighted by Gasteiger charge is -2.15. The van der Waals surface area contributed by atoms with Gasteiger partial charge in [0.05, 0.1) is 28.3 Å². The molecule has 1 N–H and O–H groups in total. The smallest absolute Gasteiger partial charge is 0.308 e. The predicted octanol–water partition coefficient (Wildman–Crippen LogP) is 3.23. The average Bonchev–Trinajstić information content (AvgIpc) is 3.01. The Balaban J connectivity index is 1.70. The van der Waals surface area contributed by atoms with Crippen molar-refractivity contribution in [3.63, 3.8) is 0 Å². The molecule has 0 saturated heterocycles. The zero-order valence-corrected chi connectivity index (χ0v) is 18.2. The number of nitrogens with one attached hydrogen (secondary N) is 1. The van der Waals surface area contributed by atoms with Gasteiger partial charge in [-0.25, -0.2) is 13.1 Å². The summed E-state index contributed by atoms with van der Waals surface area (Å²) in [7, 11) is -2.15. The van der Waals surface area contributed by atoms with Gasteiger partial charge in [-0.05, 0) is 55.8 Å². The van der Waals surface area contributed by atoms with Crippen LogP contribution in [0.2, 0.25) is 0 Å². The molecule has 9 heteroatoms. The molecule has 0 amide bonds. The van der Waals surface area contributed by atoms with Crippen molar-refractivity contribution in [1.82, 2.24) is 9.29 Å². The molecule has 0 aliphatic rings. The summed E-state index contributed by atoms with van der Waals surface area (Å²) in [5.74, 6) is 1.34. The van der Waals surface area contributed by atoms with Gasteiger partial charge in [0.1, 0.15) is 18.1 Å². The zero-order chi connectivity index (χ0) is 21.0. The molecule has 3 aromatic rings. The molecule has 0 bridgehead atoms. The van der Waals surface area contributed by atoms with Crippen molar-refractivity contribution in [2.24, 2.45) is 0 Å². The van der Waals surface area contributed by atoms with Crippen LogP contribution >= 0.6 is 11.3 Å². The molecular formula is C20H24N2O5S2. The molecule has 0 radical (unpaired) electrons. The number of nitrogens with zero attached hydrogens (tertiary/aromatic N) is 1. The molecule has 7 nitrogen and oxygen atoms in total. The second-order valence-electron chi connectivity index (χ2n) is 6.66. The Bertz CT molecular complexity index is 1130. The van der Waals surface area contributed by atoms with E-state index in [0.717, 1.165) is 29.0 Å². The minimum atomic E-state index is -3.74. The highest BCUT2D eigenvalue weighted by Crippen LogP contribution is 2.22. The molecule has 29 heavy (non-hydrogen) atoms. The molecule has 0 aliphatic carbocycles. The highest BCUT2D eigenvalue weighted by atomic mass is 32.2. The maximum atomic E-state index is 12.7. The summed E-state index contributed by atoms with van der Waals surface area (Å²) < 4.78 is 41.2. The lowest BCUT2D eigenvalue weighted by molar-refractivity contribution is 0.287. The van der Waals surface area contributed by atoms with E-state index in [2.05, 4.69) is 4.72 Å². The molecule has 156 valence electrons. The van der Waals surface area contributed by atoms with Crippen LogP contribution in [-0.2, 0) is 16.6 Å². The first-order valence-electron chi connectivity index (χ1n) is 9.26. The van der Waals surface area contributed by atoms with Crippen LogP contribution in [0.4, 0.5) is 0 Å². The van der Waals surface area contributed by atoms with E-state index < -0.39 is 16.1 Å². The van der Waals surface area contributed by atoms with Gasteiger partial charge in [0.25, 0.3) is 0 Å². The van der Waals surface area contributed by atoms with Crippen LogP contribution in [0.3, 0.4) is 0 Å². The molecule has 1 aromatic heterocycles. The molecule has 0 fully saturated rings. The highest BCUT2D eigenvalue weighted by Gasteiger charge is 2.19. The van der Waals surface area contributed by atoms with E-state index in [9.17, 15) is 13.2 Å². The van der Waals surface area contributed by atoms with E-state index in [1.54, 1.807) is 55.0 Å². The summed E-state index contributed by atoms with van der Waals surface area (Å²) in [5, 5.41) is 0. The first kappa shape index (κ1) is 21.4. The summed E-state index contributed by atoms with van der Waals surface area (Å²) in [4.78, 5) is 12.2. The van der Waals surface area contributed by atoms with Gasteiger partial charge in [-0.1, -0.05) is 18.3 Å². The van der Waals surface area contributed by atoms with E-state index in [1.165, 1.54) is 6.07 Å². The van der Waals surface area contributed by atoms with E-state index >= 15 is 0 Å². The largest absolute Gasteiger partial charge is 0.497 e. The van der Waals surface area contributed by atoms with E-state index in [4.69, 9.17) is 9.47 Å². The van der Waals surface area contributed by atoms with E-state index in [0.29, 0.717) is 17.0 Å². The maximum Gasteiger partial charge on any atom is 0.308 e. The van der Waals surface area contributed by atoms with Crippen molar-refractivity contribution in [3.05, 3.63) is 52.1 Å². The fourth-order valence-electron chi connectivity index (χ4n) is 2.91. The number of aromatic nitrogens is 1. The second-order valence-corrected chi connectivity index (χ2v) is 9.37. The SMILES string of the molecule is CCCn1c(=O)sc2cc(S(=O)(=O)NC(C)COc3ccc(OC)cc3)ccc21. The van der Waals surface area contributed by atoms with Gasteiger partial charge >= 0.3 is 4.87 Å². The molecule has 3 rings (SSSR count). The summed E-state index contributed by atoms with van der Waals surface area (Å²) in [6.07, 6.45) is 0.832. The Morgan fingerprint density at radius 1 is 1.14 bits per heavy atom. The van der Waals surface area contributed by atoms with Crippen molar-refractivity contribution < 1.29 is 17.9 Å². The summed E-state index contributed by atoms with van der Waals surface area (Å²) in [5.41, 5.74) is 0.761. The van der Waals surface area contributed by atoms with Crippen LogP contribution in [0.15, 0.2) is 52.2 Å². The number of benzene rings is 2. The first-order valence-corrected chi connectivity index (χ1v) is 11.6. The number of hydrogen-bond donors (Lipinski definition) is 1. The maximum absolute atomic E-state index is 12.7. The molecule has 2 aromatic carbocycles. The standard InChI is InChI=1S/C20H24N2O5S2/c1-4-11-22-18-10-9-17(12-19(18)28-20(22)23)29(24,25)21-14(2)13-27-16-7-5-15(26-3)6-8-16/h5-10,12,14,21H,4,11,13H2,1-3H3. The number of methoxy groups -OCH3 is 1. The third kappa shape index (κ3) is 4.98. The van der Waals surface area contributed by atoms with Gasteiger partial charge in [0, 0.05) is 6.54 Å². The third-order valence-corrected chi connectivity index (χ3v) is 6.84. The van der Waals surface area contributed by atoms with Gasteiger partial charge in [0.15, 0.2) is 0 Å². The fourth-order valence-corrected chi connectivity index (χ4v) is 5.19. The topological polar surface area (TPSA) is 86.6 Å². The van der Waals surface area contributed by atoms with Crippen LogP contribution < -0.4 is 19.1 Å². The van der Waals surface area contributed by atoms with Crippen molar-refractivity contribution in [1.29, 1.82) is 0 Å². The summed E-state index contributed by atoms with van der Waals surface area (Å²) in [6.45, 7) is 4.51. The van der Waals surface area contributed by atoms with Gasteiger partial charge < -0.3 is 9.47 Å². The van der Waals surface area contributed by atoms with Crippen LogP contribution in [0.1, 0.15) is 20.3 Å². The number of sulfonamides is 1. The Hall–Kier alpha value is -2.36. The van der Waals surface area contributed by atoms with Gasteiger partial charge in [-0.2, -0.15) is 0 Å². The third-order valence-electron chi connectivity index (χ3n) is 4.31. The van der Waals surface area contributed by atoms with Gasteiger partial charge in [0.2, 0.25) is 10.0 Å². The van der Waals surface area contributed by atoms with Gasteiger partial charge in [-0.3, -0.25) is 9.36 Å².